The van der Waals surface area contributed by atoms with Gasteiger partial charge in [-0.1, -0.05) is 12.1 Å². The molecule has 0 spiro atoms. The SMILES string of the molecule is COc1ccc(C[C@H]2COC(=O)C2)cc1. The summed E-state index contributed by atoms with van der Waals surface area (Å²) in [5, 5.41) is 0. The third-order valence-corrected chi connectivity index (χ3v) is 2.62. The Morgan fingerprint density at radius 3 is 2.67 bits per heavy atom. The Bertz CT molecular complexity index is 342. The van der Waals surface area contributed by atoms with E-state index >= 15 is 0 Å². The summed E-state index contributed by atoms with van der Waals surface area (Å²) >= 11 is 0. The van der Waals surface area contributed by atoms with E-state index in [4.69, 9.17) is 9.47 Å². The summed E-state index contributed by atoms with van der Waals surface area (Å²) in [5.41, 5.74) is 1.22. The Kier molecular flexibility index (Phi) is 2.90. The van der Waals surface area contributed by atoms with Gasteiger partial charge in [0.2, 0.25) is 0 Å². The molecule has 0 aliphatic carbocycles. The van der Waals surface area contributed by atoms with E-state index in [0.29, 0.717) is 18.9 Å². The molecule has 3 heteroatoms. The van der Waals surface area contributed by atoms with Gasteiger partial charge in [-0.2, -0.15) is 0 Å². The van der Waals surface area contributed by atoms with E-state index in [0.717, 1.165) is 12.2 Å². The molecule has 0 aromatic heterocycles. The van der Waals surface area contributed by atoms with Gasteiger partial charge in [0.05, 0.1) is 20.1 Å². The molecule has 2 rings (SSSR count). The van der Waals surface area contributed by atoms with Crippen LogP contribution >= 0.6 is 0 Å². The van der Waals surface area contributed by atoms with Crippen LogP contribution in [0.5, 0.6) is 5.75 Å². The first-order valence-corrected chi connectivity index (χ1v) is 5.06. The number of methoxy groups -OCH3 is 1. The van der Waals surface area contributed by atoms with Crippen molar-refractivity contribution in [3.8, 4) is 5.75 Å². The highest BCUT2D eigenvalue weighted by molar-refractivity contribution is 5.71. The Morgan fingerprint density at radius 1 is 1.40 bits per heavy atom. The van der Waals surface area contributed by atoms with Crippen LogP contribution in [0.2, 0.25) is 0 Å². The Morgan fingerprint density at radius 2 is 2.13 bits per heavy atom. The summed E-state index contributed by atoms with van der Waals surface area (Å²) in [6, 6.07) is 7.93. The van der Waals surface area contributed by atoms with Crippen LogP contribution in [-0.4, -0.2) is 19.7 Å². The van der Waals surface area contributed by atoms with Crippen molar-refractivity contribution in [2.45, 2.75) is 12.8 Å². The van der Waals surface area contributed by atoms with Gasteiger partial charge < -0.3 is 9.47 Å². The standard InChI is InChI=1S/C12H14O3/c1-14-11-4-2-9(3-5-11)6-10-7-12(13)15-8-10/h2-5,10H,6-8H2,1H3/t10-/m1/s1. The van der Waals surface area contributed by atoms with Gasteiger partial charge in [-0.25, -0.2) is 0 Å². The molecule has 0 unspecified atom stereocenters. The van der Waals surface area contributed by atoms with Gasteiger partial charge in [-0.15, -0.1) is 0 Å². The molecule has 1 aliphatic rings. The van der Waals surface area contributed by atoms with Crippen LogP contribution in [0.1, 0.15) is 12.0 Å². The third-order valence-electron chi connectivity index (χ3n) is 2.62. The van der Waals surface area contributed by atoms with E-state index in [1.54, 1.807) is 7.11 Å². The molecule has 15 heavy (non-hydrogen) atoms. The van der Waals surface area contributed by atoms with E-state index < -0.39 is 0 Å². The van der Waals surface area contributed by atoms with E-state index in [1.807, 2.05) is 24.3 Å². The second kappa shape index (κ2) is 4.34. The third kappa shape index (κ3) is 2.49. The number of esters is 1. The van der Waals surface area contributed by atoms with Gasteiger partial charge in [-0.05, 0) is 24.1 Å². The first-order valence-electron chi connectivity index (χ1n) is 5.06. The zero-order valence-electron chi connectivity index (χ0n) is 8.73. The van der Waals surface area contributed by atoms with Crippen molar-refractivity contribution >= 4 is 5.97 Å². The highest BCUT2D eigenvalue weighted by Crippen LogP contribution is 2.20. The summed E-state index contributed by atoms with van der Waals surface area (Å²) in [6.07, 6.45) is 1.45. The molecule has 0 saturated carbocycles. The minimum absolute atomic E-state index is 0.0755. The van der Waals surface area contributed by atoms with Gasteiger partial charge in [-0.3, -0.25) is 4.79 Å². The molecule has 0 amide bonds. The van der Waals surface area contributed by atoms with Crippen molar-refractivity contribution in [1.29, 1.82) is 0 Å². The molecule has 1 aromatic rings. The molecule has 1 fully saturated rings. The number of benzene rings is 1. The van der Waals surface area contributed by atoms with Crippen molar-refractivity contribution in [3.05, 3.63) is 29.8 Å². The van der Waals surface area contributed by atoms with Crippen LogP contribution in [0.25, 0.3) is 0 Å². The molecule has 1 aromatic carbocycles. The smallest absolute Gasteiger partial charge is 0.306 e. The molecule has 1 aliphatic heterocycles. The lowest BCUT2D eigenvalue weighted by molar-refractivity contribution is -0.137. The Balaban J connectivity index is 1.96. The fraction of sp³-hybridized carbons (Fsp3) is 0.417. The largest absolute Gasteiger partial charge is 0.497 e. The van der Waals surface area contributed by atoms with Crippen LogP contribution in [0.4, 0.5) is 0 Å². The number of hydrogen-bond donors (Lipinski definition) is 0. The van der Waals surface area contributed by atoms with E-state index in [2.05, 4.69) is 0 Å². The fourth-order valence-electron chi connectivity index (χ4n) is 1.79. The number of rotatable bonds is 3. The van der Waals surface area contributed by atoms with Crippen LogP contribution in [0.3, 0.4) is 0 Å². The van der Waals surface area contributed by atoms with Crippen LogP contribution < -0.4 is 4.74 Å². The topological polar surface area (TPSA) is 35.5 Å². The normalized spacial score (nSPS) is 20.1. The fourth-order valence-corrected chi connectivity index (χ4v) is 1.79. The highest BCUT2D eigenvalue weighted by atomic mass is 16.5. The second-order valence-corrected chi connectivity index (χ2v) is 3.81. The summed E-state index contributed by atoms with van der Waals surface area (Å²) in [5.74, 6) is 1.12. The van der Waals surface area contributed by atoms with E-state index in [-0.39, 0.29) is 5.97 Å². The lowest BCUT2D eigenvalue weighted by atomic mass is 9.99. The van der Waals surface area contributed by atoms with Crippen molar-refractivity contribution in [2.24, 2.45) is 5.92 Å². The molecule has 0 N–H and O–H groups in total. The minimum atomic E-state index is -0.0755. The monoisotopic (exact) mass is 206 g/mol. The molecule has 80 valence electrons. The van der Waals surface area contributed by atoms with Gasteiger partial charge in [0.25, 0.3) is 0 Å². The van der Waals surface area contributed by atoms with Crippen LogP contribution in [-0.2, 0) is 16.0 Å². The summed E-state index contributed by atoms with van der Waals surface area (Å²) in [6.45, 7) is 0.560. The zero-order chi connectivity index (χ0) is 10.7. The molecule has 0 bridgehead atoms. The average Bonchev–Trinajstić information content (AvgIpc) is 2.65. The van der Waals surface area contributed by atoms with Crippen molar-refractivity contribution < 1.29 is 14.3 Å². The molecule has 1 saturated heterocycles. The summed E-state index contributed by atoms with van der Waals surface area (Å²) in [7, 11) is 1.65. The van der Waals surface area contributed by atoms with Gasteiger partial charge >= 0.3 is 5.97 Å². The maximum absolute atomic E-state index is 10.9. The van der Waals surface area contributed by atoms with Crippen molar-refractivity contribution in [3.63, 3.8) is 0 Å². The molecular weight excluding hydrogens is 192 g/mol. The summed E-state index contributed by atoms with van der Waals surface area (Å²) < 4.78 is 10.00. The maximum atomic E-state index is 10.9. The average molecular weight is 206 g/mol. The number of ether oxygens (including phenoxy) is 2. The second-order valence-electron chi connectivity index (χ2n) is 3.81. The van der Waals surface area contributed by atoms with E-state index in [1.165, 1.54) is 5.56 Å². The number of carbonyl (C=O) groups is 1. The molecule has 3 nitrogen and oxygen atoms in total. The first-order chi connectivity index (χ1) is 7.28. The van der Waals surface area contributed by atoms with Gasteiger partial charge in [0.15, 0.2) is 0 Å². The number of cyclic esters (lactones) is 1. The zero-order valence-corrected chi connectivity index (χ0v) is 8.73. The lowest BCUT2D eigenvalue weighted by Gasteiger charge is -2.06. The first kappa shape index (κ1) is 10.0. The van der Waals surface area contributed by atoms with Crippen molar-refractivity contribution in [1.82, 2.24) is 0 Å². The van der Waals surface area contributed by atoms with Gasteiger partial charge in [0, 0.05) is 5.92 Å². The molecule has 1 heterocycles. The van der Waals surface area contributed by atoms with Gasteiger partial charge in [0.1, 0.15) is 5.75 Å². The minimum Gasteiger partial charge on any atom is -0.497 e. The maximum Gasteiger partial charge on any atom is 0.306 e. The quantitative estimate of drug-likeness (QED) is 0.707. The van der Waals surface area contributed by atoms with Crippen molar-refractivity contribution in [2.75, 3.05) is 13.7 Å². The Hall–Kier alpha value is -1.51. The summed E-state index contributed by atoms with van der Waals surface area (Å²) in [4.78, 5) is 10.9. The van der Waals surface area contributed by atoms with E-state index in [9.17, 15) is 4.79 Å². The van der Waals surface area contributed by atoms with Crippen LogP contribution in [0.15, 0.2) is 24.3 Å². The Labute approximate surface area is 89.0 Å². The highest BCUT2D eigenvalue weighted by Gasteiger charge is 2.23. The molecule has 1 atom stereocenters. The molecular formula is C12H14O3. The molecule has 0 radical (unpaired) electrons. The number of hydrogen-bond acceptors (Lipinski definition) is 3. The predicted octanol–water partition coefficient (Wildman–Crippen LogP) is 1.80. The van der Waals surface area contributed by atoms with Crippen LogP contribution in [0, 0.1) is 5.92 Å². The predicted molar refractivity (Wildman–Crippen MR) is 55.8 cm³/mol. The lowest BCUT2D eigenvalue weighted by Crippen LogP contribution is -2.03. The number of carbonyl (C=O) groups excluding carboxylic acids is 1.